The molecule has 1 aromatic carbocycles. The normalized spacial score (nSPS) is 25.4. The standard InChI is InChI=1S/C22H24N2O5/c25-19(23-18-11-5-7-14-6-1-2-8-15(14)18)13-29-20(26)12-24-21(27)16-9-3-4-10-17(16)22(24)28/h1-4,6,8,16-18H,5,7,9-13H2,(H,23,25)/t16-,17+,18-/m0/s1. The highest BCUT2D eigenvalue weighted by Gasteiger charge is 2.47. The van der Waals surface area contributed by atoms with Gasteiger partial charge in [-0.15, -0.1) is 0 Å². The van der Waals surface area contributed by atoms with E-state index in [1.807, 2.05) is 30.4 Å². The highest BCUT2D eigenvalue weighted by atomic mass is 16.5. The van der Waals surface area contributed by atoms with Gasteiger partial charge < -0.3 is 10.1 Å². The van der Waals surface area contributed by atoms with Crippen molar-refractivity contribution in [1.29, 1.82) is 0 Å². The summed E-state index contributed by atoms with van der Waals surface area (Å²) in [6.45, 7) is -0.869. The maximum atomic E-state index is 12.4. The van der Waals surface area contributed by atoms with Crippen molar-refractivity contribution in [3.63, 3.8) is 0 Å². The van der Waals surface area contributed by atoms with Crippen LogP contribution in [0, 0.1) is 11.8 Å². The third-order valence-corrected chi connectivity index (χ3v) is 5.95. The molecular weight excluding hydrogens is 372 g/mol. The van der Waals surface area contributed by atoms with Crippen molar-refractivity contribution in [1.82, 2.24) is 10.2 Å². The molecule has 0 aromatic heterocycles. The smallest absolute Gasteiger partial charge is 0.326 e. The summed E-state index contributed by atoms with van der Waals surface area (Å²) in [5.74, 6) is -2.56. The SMILES string of the molecule is O=C(COC(=O)CN1C(=O)[C@H]2CC=CC[C@H]2C1=O)N[C@H]1CCCc2ccccc21. The van der Waals surface area contributed by atoms with Crippen LogP contribution in [0.3, 0.4) is 0 Å². The molecule has 0 spiro atoms. The molecule has 3 amide bonds. The summed E-state index contributed by atoms with van der Waals surface area (Å²) in [6.07, 6.45) is 7.64. The molecule has 152 valence electrons. The molecule has 7 nitrogen and oxygen atoms in total. The fraction of sp³-hybridized carbons (Fsp3) is 0.455. The number of likely N-dealkylation sites (tertiary alicyclic amines) is 1. The highest BCUT2D eigenvalue weighted by molar-refractivity contribution is 6.07. The van der Waals surface area contributed by atoms with Gasteiger partial charge in [0.1, 0.15) is 6.54 Å². The lowest BCUT2D eigenvalue weighted by Crippen LogP contribution is -2.38. The van der Waals surface area contributed by atoms with Crippen molar-refractivity contribution >= 4 is 23.7 Å². The molecule has 1 fully saturated rings. The molecule has 0 bridgehead atoms. The maximum absolute atomic E-state index is 12.4. The Bertz CT molecular complexity index is 852. The second kappa shape index (κ2) is 8.19. The minimum absolute atomic E-state index is 0.0940. The molecule has 4 rings (SSSR count). The fourth-order valence-electron chi connectivity index (χ4n) is 4.49. The van der Waals surface area contributed by atoms with E-state index in [1.165, 1.54) is 5.56 Å². The number of hydrogen-bond acceptors (Lipinski definition) is 5. The van der Waals surface area contributed by atoms with Gasteiger partial charge in [-0.05, 0) is 43.2 Å². The van der Waals surface area contributed by atoms with Gasteiger partial charge in [0.2, 0.25) is 11.8 Å². The van der Waals surface area contributed by atoms with Crippen molar-refractivity contribution < 1.29 is 23.9 Å². The number of aryl methyl sites for hydroxylation is 1. The van der Waals surface area contributed by atoms with Crippen molar-refractivity contribution in [2.75, 3.05) is 13.2 Å². The number of esters is 1. The number of nitrogens with one attached hydrogen (secondary N) is 1. The Morgan fingerprint density at radius 1 is 1.07 bits per heavy atom. The molecule has 3 aliphatic rings. The van der Waals surface area contributed by atoms with Gasteiger partial charge in [0.05, 0.1) is 17.9 Å². The molecule has 2 aliphatic carbocycles. The molecule has 1 aliphatic heterocycles. The van der Waals surface area contributed by atoms with Crippen molar-refractivity contribution in [2.24, 2.45) is 11.8 Å². The Labute approximate surface area is 169 Å². The Morgan fingerprint density at radius 2 is 1.76 bits per heavy atom. The highest BCUT2D eigenvalue weighted by Crippen LogP contribution is 2.35. The molecule has 29 heavy (non-hydrogen) atoms. The van der Waals surface area contributed by atoms with Crippen LogP contribution < -0.4 is 5.32 Å². The predicted octanol–water partition coefficient (Wildman–Crippen LogP) is 1.67. The second-order valence-electron chi connectivity index (χ2n) is 7.79. The van der Waals surface area contributed by atoms with E-state index in [9.17, 15) is 19.2 Å². The second-order valence-corrected chi connectivity index (χ2v) is 7.79. The number of carbonyl (C=O) groups is 4. The lowest BCUT2D eigenvalue weighted by atomic mass is 9.85. The van der Waals surface area contributed by atoms with Gasteiger partial charge in [0.25, 0.3) is 5.91 Å². The fourth-order valence-corrected chi connectivity index (χ4v) is 4.49. The van der Waals surface area contributed by atoms with E-state index < -0.39 is 25.0 Å². The molecular formula is C22H24N2O5. The van der Waals surface area contributed by atoms with E-state index in [0.717, 1.165) is 29.7 Å². The molecule has 3 atom stereocenters. The average molecular weight is 396 g/mol. The van der Waals surface area contributed by atoms with Crippen LogP contribution in [0.25, 0.3) is 0 Å². The van der Waals surface area contributed by atoms with E-state index in [1.54, 1.807) is 0 Å². The number of amides is 3. The summed E-state index contributed by atoms with van der Waals surface area (Å²) in [6, 6.07) is 7.90. The van der Waals surface area contributed by atoms with Gasteiger partial charge in [-0.3, -0.25) is 24.1 Å². The monoisotopic (exact) mass is 396 g/mol. The summed E-state index contributed by atoms with van der Waals surface area (Å²) >= 11 is 0. The van der Waals surface area contributed by atoms with Crippen LogP contribution >= 0.6 is 0 Å². The molecule has 7 heteroatoms. The number of benzene rings is 1. The first kappa shape index (κ1) is 19.4. The zero-order valence-corrected chi connectivity index (χ0v) is 16.1. The minimum atomic E-state index is -0.752. The van der Waals surface area contributed by atoms with Crippen LogP contribution in [0.5, 0.6) is 0 Å². The topological polar surface area (TPSA) is 92.8 Å². The summed E-state index contributed by atoms with van der Waals surface area (Å²) < 4.78 is 5.03. The van der Waals surface area contributed by atoms with Gasteiger partial charge in [0, 0.05) is 0 Å². The van der Waals surface area contributed by atoms with Gasteiger partial charge in [-0.2, -0.15) is 0 Å². The van der Waals surface area contributed by atoms with Crippen LogP contribution in [0.4, 0.5) is 0 Å². The molecule has 1 N–H and O–H groups in total. The van der Waals surface area contributed by atoms with E-state index in [2.05, 4.69) is 11.4 Å². The zero-order valence-electron chi connectivity index (χ0n) is 16.1. The first-order valence-electron chi connectivity index (χ1n) is 10.1. The third-order valence-electron chi connectivity index (χ3n) is 5.95. The number of hydrogen-bond donors (Lipinski definition) is 1. The summed E-state index contributed by atoms with van der Waals surface area (Å²) in [5, 5.41) is 2.91. The predicted molar refractivity (Wildman–Crippen MR) is 103 cm³/mol. The Kier molecular flexibility index (Phi) is 5.47. The van der Waals surface area contributed by atoms with Gasteiger partial charge >= 0.3 is 5.97 Å². The van der Waals surface area contributed by atoms with Gasteiger partial charge in [0.15, 0.2) is 6.61 Å². The first-order chi connectivity index (χ1) is 14.0. The molecule has 1 heterocycles. The van der Waals surface area contributed by atoms with E-state index in [4.69, 9.17) is 4.74 Å². The number of ether oxygens (including phenoxy) is 1. The van der Waals surface area contributed by atoms with Gasteiger partial charge in [-0.25, -0.2) is 0 Å². The summed E-state index contributed by atoms with van der Waals surface area (Å²) in [7, 11) is 0. The van der Waals surface area contributed by atoms with E-state index in [-0.39, 0.29) is 29.7 Å². The lowest BCUT2D eigenvalue weighted by Gasteiger charge is -2.26. The van der Waals surface area contributed by atoms with E-state index in [0.29, 0.717) is 12.8 Å². The maximum Gasteiger partial charge on any atom is 0.326 e. The summed E-state index contributed by atoms with van der Waals surface area (Å²) in [4.78, 5) is 50.1. The molecule has 0 radical (unpaired) electrons. The van der Waals surface area contributed by atoms with Crippen LogP contribution in [0.2, 0.25) is 0 Å². The van der Waals surface area contributed by atoms with Crippen LogP contribution in [0.15, 0.2) is 36.4 Å². The molecule has 0 unspecified atom stereocenters. The van der Waals surface area contributed by atoms with Crippen molar-refractivity contribution in [3.8, 4) is 0 Å². The molecule has 1 aromatic rings. The van der Waals surface area contributed by atoms with Crippen molar-refractivity contribution in [2.45, 2.75) is 38.1 Å². The number of fused-ring (bicyclic) bond motifs is 2. The third kappa shape index (κ3) is 3.95. The number of allylic oxidation sites excluding steroid dienone is 2. The number of rotatable bonds is 5. The molecule has 1 saturated heterocycles. The quantitative estimate of drug-likeness (QED) is 0.464. The molecule has 0 saturated carbocycles. The number of imide groups is 1. The zero-order chi connectivity index (χ0) is 20.4. The largest absolute Gasteiger partial charge is 0.454 e. The number of carbonyl (C=O) groups excluding carboxylic acids is 4. The van der Waals surface area contributed by atoms with Gasteiger partial charge in [-0.1, -0.05) is 36.4 Å². The average Bonchev–Trinajstić information content (AvgIpc) is 2.98. The minimum Gasteiger partial charge on any atom is -0.454 e. The van der Waals surface area contributed by atoms with Crippen LogP contribution in [-0.2, 0) is 30.3 Å². The Morgan fingerprint density at radius 3 is 2.48 bits per heavy atom. The lowest BCUT2D eigenvalue weighted by molar-refractivity contribution is -0.155. The van der Waals surface area contributed by atoms with Crippen LogP contribution in [-0.4, -0.2) is 41.7 Å². The number of nitrogens with zero attached hydrogens (tertiary/aromatic N) is 1. The van der Waals surface area contributed by atoms with Crippen molar-refractivity contribution in [3.05, 3.63) is 47.5 Å². The Balaban J connectivity index is 1.28. The summed E-state index contributed by atoms with van der Waals surface area (Å²) in [5.41, 5.74) is 2.32. The van der Waals surface area contributed by atoms with E-state index >= 15 is 0 Å². The Hall–Kier alpha value is -2.96. The van der Waals surface area contributed by atoms with Crippen LogP contribution in [0.1, 0.15) is 42.9 Å². The first-order valence-corrected chi connectivity index (χ1v) is 10.1.